The molecule has 17 heavy (non-hydrogen) atoms. The molecule has 1 heterocycles. The van der Waals surface area contributed by atoms with Crippen molar-refractivity contribution in [2.24, 2.45) is 5.92 Å². The van der Waals surface area contributed by atoms with E-state index in [1.165, 1.54) is 18.4 Å². The molecule has 1 aromatic carbocycles. The zero-order valence-corrected chi connectivity index (χ0v) is 11.3. The van der Waals surface area contributed by atoms with Crippen LogP contribution in [0.15, 0.2) is 12.1 Å². The molecule has 0 spiro atoms. The van der Waals surface area contributed by atoms with E-state index in [2.05, 4.69) is 11.4 Å². The highest BCUT2D eigenvalue weighted by Gasteiger charge is 2.15. The van der Waals surface area contributed by atoms with Crippen molar-refractivity contribution >= 4 is 11.6 Å². The number of hydrogen-bond acceptors (Lipinski definition) is 2. The summed E-state index contributed by atoms with van der Waals surface area (Å²) in [6, 6.07) is 4.09. The Morgan fingerprint density at radius 3 is 2.94 bits per heavy atom. The Morgan fingerprint density at radius 2 is 2.29 bits per heavy atom. The highest BCUT2D eigenvalue weighted by atomic mass is 35.5. The summed E-state index contributed by atoms with van der Waals surface area (Å²) in [4.78, 5) is 0. The molecule has 1 fully saturated rings. The molecule has 0 aliphatic carbocycles. The lowest BCUT2D eigenvalue weighted by molar-refractivity contribution is 0.406. The van der Waals surface area contributed by atoms with Gasteiger partial charge in [0.2, 0.25) is 0 Å². The molecule has 1 atom stereocenters. The van der Waals surface area contributed by atoms with Gasteiger partial charge in [-0.1, -0.05) is 11.6 Å². The van der Waals surface area contributed by atoms with Crippen molar-refractivity contribution in [3.63, 3.8) is 0 Å². The van der Waals surface area contributed by atoms with Crippen molar-refractivity contribution in [2.75, 3.05) is 20.2 Å². The van der Waals surface area contributed by atoms with E-state index in [-0.39, 0.29) is 0 Å². The predicted molar refractivity (Wildman–Crippen MR) is 72.0 cm³/mol. The fourth-order valence-corrected chi connectivity index (χ4v) is 2.59. The topological polar surface area (TPSA) is 21.3 Å². The number of benzene rings is 1. The molecule has 1 unspecified atom stereocenters. The van der Waals surface area contributed by atoms with Crippen molar-refractivity contribution in [3.05, 3.63) is 28.3 Å². The van der Waals surface area contributed by atoms with Gasteiger partial charge in [0, 0.05) is 5.02 Å². The van der Waals surface area contributed by atoms with E-state index in [4.69, 9.17) is 16.3 Å². The van der Waals surface area contributed by atoms with Gasteiger partial charge in [-0.2, -0.15) is 0 Å². The molecule has 1 aliphatic heterocycles. The molecule has 1 N–H and O–H groups in total. The molecule has 94 valence electrons. The van der Waals surface area contributed by atoms with Crippen LogP contribution in [0, 0.1) is 12.8 Å². The maximum absolute atomic E-state index is 6.17. The van der Waals surface area contributed by atoms with Gasteiger partial charge in [-0.25, -0.2) is 0 Å². The van der Waals surface area contributed by atoms with Gasteiger partial charge in [0.05, 0.1) is 7.11 Å². The van der Waals surface area contributed by atoms with Crippen LogP contribution < -0.4 is 10.1 Å². The second-order valence-electron chi connectivity index (χ2n) is 4.81. The van der Waals surface area contributed by atoms with Crippen LogP contribution in [0.1, 0.15) is 24.0 Å². The Balaban J connectivity index is 2.05. The van der Waals surface area contributed by atoms with E-state index in [1.54, 1.807) is 7.11 Å². The molecule has 3 heteroatoms. The van der Waals surface area contributed by atoms with Gasteiger partial charge in [-0.05, 0) is 68.5 Å². The lowest BCUT2D eigenvalue weighted by atomic mass is 9.97. The van der Waals surface area contributed by atoms with Crippen LogP contribution in [0.4, 0.5) is 0 Å². The average Bonchev–Trinajstić information content (AvgIpc) is 2.83. The minimum Gasteiger partial charge on any atom is -0.496 e. The summed E-state index contributed by atoms with van der Waals surface area (Å²) >= 11 is 6.17. The molecular weight excluding hydrogens is 234 g/mol. The lowest BCUT2D eigenvalue weighted by Gasteiger charge is -2.13. The van der Waals surface area contributed by atoms with Gasteiger partial charge in [0.25, 0.3) is 0 Å². The van der Waals surface area contributed by atoms with Crippen LogP contribution in [-0.4, -0.2) is 20.2 Å². The summed E-state index contributed by atoms with van der Waals surface area (Å²) in [6.45, 7) is 4.33. The van der Waals surface area contributed by atoms with Crippen LogP contribution in [-0.2, 0) is 6.42 Å². The first-order valence-electron chi connectivity index (χ1n) is 6.24. The Hall–Kier alpha value is -0.730. The number of nitrogens with one attached hydrogen (secondary N) is 1. The Kier molecular flexibility index (Phi) is 4.30. The molecule has 0 bridgehead atoms. The minimum absolute atomic E-state index is 0.805. The zero-order valence-electron chi connectivity index (χ0n) is 10.6. The lowest BCUT2D eigenvalue weighted by Crippen LogP contribution is -2.09. The summed E-state index contributed by atoms with van der Waals surface area (Å²) < 4.78 is 5.42. The third kappa shape index (κ3) is 3.14. The van der Waals surface area contributed by atoms with E-state index < -0.39 is 0 Å². The fourth-order valence-electron chi connectivity index (χ4n) is 2.40. The van der Waals surface area contributed by atoms with Gasteiger partial charge in [-0.3, -0.25) is 0 Å². The van der Waals surface area contributed by atoms with Gasteiger partial charge in [-0.15, -0.1) is 0 Å². The minimum atomic E-state index is 0.805. The molecule has 0 radical (unpaired) electrons. The second-order valence-corrected chi connectivity index (χ2v) is 5.22. The number of halogens is 1. The fraction of sp³-hybridized carbons (Fsp3) is 0.571. The molecule has 1 aliphatic rings. The van der Waals surface area contributed by atoms with Crippen molar-refractivity contribution < 1.29 is 4.74 Å². The monoisotopic (exact) mass is 253 g/mol. The first-order chi connectivity index (χ1) is 8.20. The Bertz CT molecular complexity index is 386. The standard InChI is InChI=1S/C14H20ClNO/c1-10-7-14(17-2)12(8-13(10)15)4-3-11-5-6-16-9-11/h7-8,11,16H,3-6,9H2,1-2H3. The molecule has 2 nitrogen and oxygen atoms in total. The number of hydrogen-bond donors (Lipinski definition) is 1. The molecular formula is C14H20ClNO. The highest BCUT2D eigenvalue weighted by molar-refractivity contribution is 6.31. The van der Waals surface area contributed by atoms with E-state index in [0.29, 0.717) is 0 Å². The molecule has 2 rings (SSSR count). The van der Waals surface area contributed by atoms with Crippen LogP contribution in [0.25, 0.3) is 0 Å². The van der Waals surface area contributed by atoms with Crippen LogP contribution in [0.3, 0.4) is 0 Å². The van der Waals surface area contributed by atoms with Gasteiger partial charge >= 0.3 is 0 Å². The molecule has 0 amide bonds. The molecule has 0 aromatic heterocycles. The van der Waals surface area contributed by atoms with Gasteiger partial charge in [0.15, 0.2) is 0 Å². The van der Waals surface area contributed by atoms with Crippen molar-refractivity contribution in [3.8, 4) is 5.75 Å². The largest absolute Gasteiger partial charge is 0.496 e. The summed E-state index contributed by atoms with van der Waals surface area (Å²) in [6.07, 6.45) is 3.56. The van der Waals surface area contributed by atoms with Gasteiger partial charge < -0.3 is 10.1 Å². The first kappa shape index (κ1) is 12.7. The van der Waals surface area contributed by atoms with Crippen LogP contribution in [0.5, 0.6) is 5.75 Å². The first-order valence-corrected chi connectivity index (χ1v) is 6.62. The predicted octanol–water partition coefficient (Wildman–Crippen LogP) is 3.20. The maximum atomic E-state index is 6.17. The SMILES string of the molecule is COc1cc(C)c(Cl)cc1CCC1CCNC1. The summed E-state index contributed by atoms with van der Waals surface area (Å²) in [7, 11) is 1.73. The normalized spacial score (nSPS) is 19.6. The molecule has 1 saturated heterocycles. The number of aryl methyl sites for hydroxylation is 2. The van der Waals surface area contributed by atoms with E-state index in [9.17, 15) is 0 Å². The third-order valence-electron chi connectivity index (χ3n) is 3.55. The van der Waals surface area contributed by atoms with Gasteiger partial charge in [0.1, 0.15) is 5.75 Å². The van der Waals surface area contributed by atoms with Crippen molar-refractivity contribution in [2.45, 2.75) is 26.2 Å². The molecule has 1 aromatic rings. The number of rotatable bonds is 4. The second kappa shape index (κ2) is 5.74. The molecule has 0 saturated carbocycles. The van der Waals surface area contributed by atoms with E-state index >= 15 is 0 Å². The smallest absolute Gasteiger partial charge is 0.122 e. The maximum Gasteiger partial charge on any atom is 0.122 e. The zero-order chi connectivity index (χ0) is 12.3. The van der Waals surface area contributed by atoms with Crippen LogP contribution in [0.2, 0.25) is 5.02 Å². The summed E-state index contributed by atoms with van der Waals surface area (Å²) in [5.74, 6) is 1.78. The number of ether oxygens (including phenoxy) is 1. The third-order valence-corrected chi connectivity index (χ3v) is 3.95. The van der Waals surface area contributed by atoms with Crippen molar-refractivity contribution in [1.29, 1.82) is 0 Å². The summed E-state index contributed by atoms with van der Waals surface area (Å²) in [5.41, 5.74) is 2.31. The number of methoxy groups -OCH3 is 1. The van der Waals surface area contributed by atoms with Crippen LogP contribution >= 0.6 is 11.6 Å². The average molecular weight is 254 g/mol. The summed E-state index contributed by atoms with van der Waals surface area (Å²) in [5, 5.41) is 4.24. The highest BCUT2D eigenvalue weighted by Crippen LogP contribution is 2.28. The quantitative estimate of drug-likeness (QED) is 0.890. The Morgan fingerprint density at radius 1 is 1.47 bits per heavy atom. The van der Waals surface area contributed by atoms with E-state index in [0.717, 1.165) is 41.8 Å². The van der Waals surface area contributed by atoms with Crippen molar-refractivity contribution in [1.82, 2.24) is 5.32 Å². The Labute approximate surface area is 108 Å². The van der Waals surface area contributed by atoms with E-state index in [1.807, 2.05) is 13.0 Å².